The van der Waals surface area contributed by atoms with E-state index >= 15 is 0 Å². The second-order valence-corrected chi connectivity index (χ2v) is 8.70. The maximum atomic E-state index is 6.34. The summed E-state index contributed by atoms with van der Waals surface area (Å²) in [4.78, 5) is 7.00. The molecule has 8 heteroatoms. The van der Waals surface area contributed by atoms with Gasteiger partial charge in [-0.15, -0.1) is 0 Å². The van der Waals surface area contributed by atoms with Crippen molar-refractivity contribution >= 4 is 29.3 Å². The number of rotatable bonds is 7. The van der Waals surface area contributed by atoms with Gasteiger partial charge < -0.3 is 20.1 Å². The van der Waals surface area contributed by atoms with Crippen LogP contribution in [0.15, 0.2) is 23.2 Å². The van der Waals surface area contributed by atoms with Crippen LogP contribution in [0.25, 0.3) is 0 Å². The van der Waals surface area contributed by atoms with Crippen LogP contribution < -0.4 is 15.4 Å². The van der Waals surface area contributed by atoms with Gasteiger partial charge in [0, 0.05) is 49.5 Å². The van der Waals surface area contributed by atoms with Gasteiger partial charge in [0.25, 0.3) is 0 Å². The zero-order valence-corrected chi connectivity index (χ0v) is 18.4. The summed E-state index contributed by atoms with van der Waals surface area (Å²) in [6.07, 6.45) is 2.04. The van der Waals surface area contributed by atoms with E-state index in [2.05, 4.69) is 20.5 Å². The summed E-state index contributed by atoms with van der Waals surface area (Å²) < 4.78 is 10.8. The Balaban J connectivity index is 1.50. The molecule has 0 aliphatic carbocycles. The van der Waals surface area contributed by atoms with E-state index in [9.17, 15) is 0 Å². The van der Waals surface area contributed by atoms with E-state index in [0.717, 1.165) is 68.1 Å². The minimum Gasteiger partial charge on any atom is -0.497 e. The molecule has 3 rings (SSSR count). The average molecular weight is 427 g/mol. The third kappa shape index (κ3) is 5.47. The maximum absolute atomic E-state index is 6.34. The highest BCUT2D eigenvalue weighted by Crippen LogP contribution is 2.33. The number of nitrogens with zero attached hydrogens (tertiary/aromatic N) is 2. The van der Waals surface area contributed by atoms with Gasteiger partial charge >= 0.3 is 0 Å². The van der Waals surface area contributed by atoms with Gasteiger partial charge in [-0.05, 0) is 36.3 Å². The Kier molecular flexibility index (Phi) is 8.14. The molecule has 1 aromatic rings. The zero-order valence-electron chi connectivity index (χ0n) is 16.8. The van der Waals surface area contributed by atoms with Gasteiger partial charge in [-0.2, -0.15) is 11.8 Å². The molecule has 2 fully saturated rings. The molecule has 2 saturated heterocycles. The number of morpholine rings is 1. The molecular formula is C20H31ClN4O2S. The van der Waals surface area contributed by atoms with Crippen LogP contribution in [0.4, 0.5) is 0 Å². The molecule has 2 N–H and O–H groups in total. The third-order valence-electron chi connectivity index (χ3n) is 5.52. The van der Waals surface area contributed by atoms with Crippen LogP contribution in [0.5, 0.6) is 5.75 Å². The number of ether oxygens (including phenoxy) is 2. The zero-order chi connectivity index (χ0) is 19.8. The Bertz CT molecular complexity index is 662. The summed E-state index contributed by atoms with van der Waals surface area (Å²) >= 11 is 8.38. The second kappa shape index (κ2) is 10.6. The number of halogens is 1. The molecule has 1 unspecified atom stereocenters. The van der Waals surface area contributed by atoms with Crippen molar-refractivity contribution in [3.63, 3.8) is 0 Å². The largest absolute Gasteiger partial charge is 0.497 e. The first-order valence-electron chi connectivity index (χ1n) is 9.84. The van der Waals surface area contributed by atoms with E-state index in [4.69, 9.17) is 21.1 Å². The number of benzene rings is 1. The lowest BCUT2D eigenvalue weighted by molar-refractivity contribution is -0.0120. The number of hydrogen-bond donors (Lipinski definition) is 2. The van der Waals surface area contributed by atoms with Crippen LogP contribution in [-0.4, -0.2) is 81.5 Å². The van der Waals surface area contributed by atoms with Gasteiger partial charge in [0.15, 0.2) is 5.96 Å². The summed E-state index contributed by atoms with van der Waals surface area (Å²) in [7, 11) is 3.47. The normalized spacial score (nSPS) is 23.6. The fourth-order valence-corrected chi connectivity index (χ4v) is 5.52. The van der Waals surface area contributed by atoms with Gasteiger partial charge in [0.1, 0.15) is 5.75 Å². The van der Waals surface area contributed by atoms with Crippen molar-refractivity contribution < 1.29 is 9.47 Å². The van der Waals surface area contributed by atoms with Crippen molar-refractivity contribution in [1.82, 2.24) is 15.5 Å². The van der Waals surface area contributed by atoms with Crippen molar-refractivity contribution in [2.24, 2.45) is 4.99 Å². The molecule has 1 atom stereocenters. The molecule has 0 bridgehead atoms. The molecule has 2 aliphatic heterocycles. The van der Waals surface area contributed by atoms with Crippen LogP contribution in [0, 0.1) is 0 Å². The average Bonchev–Trinajstić information content (AvgIpc) is 3.22. The molecule has 0 aromatic heterocycles. The highest BCUT2D eigenvalue weighted by molar-refractivity contribution is 7.99. The molecule has 2 heterocycles. The third-order valence-corrected chi connectivity index (χ3v) is 7.11. The van der Waals surface area contributed by atoms with Crippen LogP contribution in [-0.2, 0) is 11.2 Å². The highest BCUT2D eigenvalue weighted by atomic mass is 35.5. The van der Waals surface area contributed by atoms with Crippen molar-refractivity contribution in [3.8, 4) is 5.75 Å². The molecule has 0 amide bonds. The number of guanidine groups is 1. The molecule has 0 saturated carbocycles. The van der Waals surface area contributed by atoms with Crippen molar-refractivity contribution in [2.75, 3.05) is 65.1 Å². The van der Waals surface area contributed by atoms with Gasteiger partial charge in [-0.25, -0.2) is 0 Å². The predicted octanol–water partition coefficient (Wildman–Crippen LogP) is 2.26. The number of methoxy groups -OCH3 is 1. The maximum Gasteiger partial charge on any atom is 0.191 e. The molecule has 2 aliphatic rings. The summed E-state index contributed by atoms with van der Waals surface area (Å²) in [6.45, 7) is 5.38. The number of thioether (sulfide) groups is 1. The Morgan fingerprint density at radius 3 is 2.82 bits per heavy atom. The quantitative estimate of drug-likeness (QED) is 0.515. The monoisotopic (exact) mass is 426 g/mol. The van der Waals surface area contributed by atoms with E-state index in [1.54, 1.807) is 7.11 Å². The van der Waals surface area contributed by atoms with Crippen molar-refractivity contribution in [2.45, 2.75) is 18.4 Å². The van der Waals surface area contributed by atoms with Crippen LogP contribution in [0.3, 0.4) is 0 Å². The lowest BCUT2D eigenvalue weighted by atomic mass is 9.95. The van der Waals surface area contributed by atoms with E-state index in [0.29, 0.717) is 0 Å². The van der Waals surface area contributed by atoms with Gasteiger partial charge in [-0.3, -0.25) is 9.89 Å². The Morgan fingerprint density at radius 1 is 1.36 bits per heavy atom. The molecular weight excluding hydrogens is 396 g/mol. The number of nitrogens with one attached hydrogen (secondary N) is 2. The Hall–Kier alpha value is -1.15. The Labute approximate surface area is 177 Å². The predicted molar refractivity (Wildman–Crippen MR) is 118 cm³/mol. The summed E-state index contributed by atoms with van der Waals surface area (Å²) in [5.41, 5.74) is 1.30. The van der Waals surface area contributed by atoms with Crippen LogP contribution in [0.1, 0.15) is 12.0 Å². The van der Waals surface area contributed by atoms with Crippen molar-refractivity contribution in [1.29, 1.82) is 0 Å². The SMILES string of the molecule is CN=C(NCCc1ccc(OC)cc1Cl)NCC1(N2CCOCC2)CCSC1. The number of aliphatic imine (C=N–C) groups is 1. The molecule has 28 heavy (non-hydrogen) atoms. The van der Waals surface area contributed by atoms with E-state index in [-0.39, 0.29) is 5.54 Å². The topological polar surface area (TPSA) is 58.1 Å². The van der Waals surface area contributed by atoms with Gasteiger partial charge in [0.05, 0.1) is 20.3 Å². The molecule has 156 valence electrons. The van der Waals surface area contributed by atoms with E-state index in [1.807, 2.05) is 37.0 Å². The number of hydrogen-bond acceptors (Lipinski definition) is 5. The second-order valence-electron chi connectivity index (χ2n) is 7.19. The van der Waals surface area contributed by atoms with E-state index < -0.39 is 0 Å². The molecule has 0 radical (unpaired) electrons. The van der Waals surface area contributed by atoms with Crippen LogP contribution in [0.2, 0.25) is 5.02 Å². The smallest absolute Gasteiger partial charge is 0.191 e. The van der Waals surface area contributed by atoms with Gasteiger partial charge in [0.2, 0.25) is 0 Å². The molecule has 1 aromatic carbocycles. The fourth-order valence-electron chi connectivity index (χ4n) is 3.78. The lowest BCUT2D eigenvalue weighted by Gasteiger charge is -2.43. The van der Waals surface area contributed by atoms with Gasteiger partial charge in [-0.1, -0.05) is 17.7 Å². The minimum absolute atomic E-state index is 0.200. The fraction of sp³-hybridized carbons (Fsp3) is 0.650. The Morgan fingerprint density at radius 2 is 2.18 bits per heavy atom. The first-order valence-corrected chi connectivity index (χ1v) is 11.4. The highest BCUT2D eigenvalue weighted by Gasteiger charge is 2.40. The summed E-state index contributed by atoms with van der Waals surface area (Å²) in [5.74, 6) is 4.01. The summed E-state index contributed by atoms with van der Waals surface area (Å²) in [6, 6.07) is 5.81. The first-order chi connectivity index (χ1) is 13.7. The van der Waals surface area contributed by atoms with Crippen LogP contribution >= 0.6 is 23.4 Å². The lowest BCUT2D eigenvalue weighted by Crippen LogP contribution is -2.60. The van der Waals surface area contributed by atoms with E-state index in [1.165, 1.54) is 17.9 Å². The molecule has 0 spiro atoms. The minimum atomic E-state index is 0.200. The molecule has 6 nitrogen and oxygen atoms in total. The standard InChI is InChI=1S/C20H31ClN4O2S/c1-22-19(23-7-5-16-3-4-17(26-2)13-18(16)21)24-14-20(6-12-28-15-20)25-8-10-27-11-9-25/h3-4,13H,5-12,14-15H2,1-2H3,(H2,22,23,24). The summed E-state index contributed by atoms with van der Waals surface area (Å²) in [5, 5.41) is 7.71. The first kappa shape index (κ1) is 21.6. The van der Waals surface area contributed by atoms with Crippen molar-refractivity contribution in [3.05, 3.63) is 28.8 Å².